The summed E-state index contributed by atoms with van der Waals surface area (Å²) in [6.07, 6.45) is 8.05. The van der Waals surface area contributed by atoms with E-state index >= 15 is 0 Å². The van der Waals surface area contributed by atoms with E-state index in [0.717, 1.165) is 6.08 Å². The number of aromatic nitrogens is 2. The third-order valence-corrected chi connectivity index (χ3v) is 1.45. The van der Waals surface area contributed by atoms with Gasteiger partial charge in [-0.05, 0) is 6.08 Å². The maximum Gasteiger partial charge on any atom is 0.248 e. The van der Waals surface area contributed by atoms with E-state index in [1.54, 1.807) is 6.20 Å². The van der Waals surface area contributed by atoms with Crippen LogP contribution in [0, 0.1) is 0 Å². The normalized spacial score (nSPS) is 8.60. The smallest absolute Gasteiger partial charge is 0.248 e. The molecule has 15 heavy (non-hydrogen) atoms. The van der Waals surface area contributed by atoms with E-state index in [1.807, 2.05) is 27.9 Å². The molecule has 1 aromatic heterocycles. The van der Waals surface area contributed by atoms with Crippen molar-refractivity contribution < 1.29 is 19.6 Å². The highest BCUT2D eigenvalue weighted by Gasteiger charge is 1.97. The second kappa shape index (κ2) is 7.52. The Labute approximate surface area is 88.2 Å². The molecule has 82 valence electrons. The lowest BCUT2D eigenvalue weighted by Gasteiger charge is -1.86. The summed E-state index contributed by atoms with van der Waals surface area (Å²) in [6, 6.07) is 0. The van der Waals surface area contributed by atoms with Gasteiger partial charge in [-0.15, -0.1) is 0 Å². The first-order valence-electron chi connectivity index (χ1n) is 4.27. The number of rotatable bonds is 4. The van der Waals surface area contributed by atoms with E-state index in [-0.39, 0.29) is 6.61 Å². The molecule has 0 unspecified atom stereocenters. The molecule has 1 heterocycles. The van der Waals surface area contributed by atoms with Gasteiger partial charge in [-0.3, -0.25) is 0 Å². The van der Waals surface area contributed by atoms with Crippen molar-refractivity contribution in [2.75, 3.05) is 6.61 Å². The Morgan fingerprint density at radius 3 is 2.53 bits per heavy atom. The molecule has 0 radical (unpaired) electrons. The molecule has 0 saturated heterocycles. The fourth-order valence-corrected chi connectivity index (χ4v) is 0.767. The molecule has 0 saturated carbocycles. The monoisotopic (exact) mass is 210 g/mol. The van der Waals surface area contributed by atoms with Crippen molar-refractivity contribution in [3.63, 3.8) is 0 Å². The highest BCUT2D eigenvalue weighted by atomic mass is 16.4. The molecule has 0 spiro atoms. The summed E-state index contributed by atoms with van der Waals surface area (Å²) in [4.78, 5) is 9.14. The van der Waals surface area contributed by atoms with Crippen molar-refractivity contribution in [2.45, 2.75) is 6.54 Å². The van der Waals surface area contributed by atoms with Crippen molar-refractivity contribution in [1.82, 2.24) is 4.57 Å². The Balaban J connectivity index is 0.000000336. The molecule has 0 atom stereocenters. The zero-order valence-electron chi connectivity index (χ0n) is 8.37. The molecular formula is C10H14N2O3. The molecule has 0 aliphatic heterocycles. The van der Waals surface area contributed by atoms with Crippen molar-refractivity contribution >= 4 is 12.2 Å². The molecule has 1 rings (SSSR count). The van der Waals surface area contributed by atoms with Gasteiger partial charge in [0.25, 0.3) is 0 Å². The largest absolute Gasteiger partial charge is 0.545 e. The topological polar surface area (TPSA) is 69.2 Å². The van der Waals surface area contributed by atoms with Crippen LogP contribution in [0.4, 0.5) is 0 Å². The summed E-state index contributed by atoms with van der Waals surface area (Å²) in [6.45, 7) is 7.30. The molecule has 0 amide bonds. The molecule has 0 fully saturated rings. The first-order chi connectivity index (χ1) is 7.13. The lowest BCUT2D eigenvalue weighted by atomic mass is 10.7. The summed E-state index contributed by atoms with van der Waals surface area (Å²) in [7, 11) is 0. The SMILES string of the molecule is C=CC(=O)[O-].C=C[n+]1ccn(CCO)c1. The maximum atomic E-state index is 9.14. The zero-order valence-corrected chi connectivity index (χ0v) is 8.37. The molecule has 0 aliphatic rings. The van der Waals surface area contributed by atoms with E-state index in [0.29, 0.717) is 6.54 Å². The Morgan fingerprint density at radius 2 is 2.20 bits per heavy atom. The van der Waals surface area contributed by atoms with Gasteiger partial charge in [-0.25, -0.2) is 9.13 Å². The third kappa shape index (κ3) is 6.23. The van der Waals surface area contributed by atoms with Crippen LogP contribution in [-0.2, 0) is 11.3 Å². The van der Waals surface area contributed by atoms with Crippen molar-refractivity contribution in [1.29, 1.82) is 0 Å². The van der Waals surface area contributed by atoms with Crippen molar-refractivity contribution in [3.8, 4) is 0 Å². The minimum absolute atomic E-state index is 0.172. The summed E-state index contributed by atoms with van der Waals surface area (Å²) in [5, 5.41) is 17.7. The Kier molecular flexibility index (Phi) is 6.57. The van der Waals surface area contributed by atoms with Crippen LogP contribution in [0.1, 0.15) is 0 Å². The fraction of sp³-hybridized carbons (Fsp3) is 0.200. The minimum Gasteiger partial charge on any atom is -0.545 e. The molecule has 0 aromatic carbocycles. The predicted molar refractivity (Wildman–Crippen MR) is 53.3 cm³/mol. The van der Waals surface area contributed by atoms with E-state index in [1.165, 1.54) is 0 Å². The summed E-state index contributed by atoms with van der Waals surface area (Å²) >= 11 is 0. The molecule has 1 N–H and O–H groups in total. The number of hydrogen-bond donors (Lipinski definition) is 1. The number of carbonyl (C=O) groups excluding carboxylic acids is 1. The Hall–Kier alpha value is -1.88. The van der Waals surface area contributed by atoms with Crippen LogP contribution < -0.4 is 9.67 Å². The average molecular weight is 210 g/mol. The van der Waals surface area contributed by atoms with E-state index in [9.17, 15) is 0 Å². The molecular weight excluding hydrogens is 196 g/mol. The number of aliphatic carboxylic acids is 1. The van der Waals surface area contributed by atoms with Crippen LogP contribution in [-0.4, -0.2) is 22.2 Å². The number of aliphatic hydroxyl groups is 1. The van der Waals surface area contributed by atoms with Gasteiger partial charge in [0.05, 0.1) is 18.8 Å². The van der Waals surface area contributed by atoms with Crippen LogP contribution >= 0.6 is 0 Å². The number of aliphatic hydroxyl groups excluding tert-OH is 1. The lowest BCUT2D eigenvalue weighted by Crippen LogP contribution is -2.21. The number of carboxylic acids is 1. The number of carbonyl (C=O) groups is 1. The highest BCUT2D eigenvalue weighted by Crippen LogP contribution is 1.82. The quantitative estimate of drug-likeness (QED) is 0.501. The van der Waals surface area contributed by atoms with E-state index < -0.39 is 5.97 Å². The van der Waals surface area contributed by atoms with Crippen LogP contribution in [0.25, 0.3) is 6.20 Å². The van der Waals surface area contributed by atoms with Gasteiger partial charge in [0.2, 0.25) is 6.33 Å². The molecule has 5 heteroatoms. The standard InChI is InChI=1S/C7H11N2O.C3H4O2/c1-2-8-3-4-9(7-8)5-6-10;1-2-3(4)5/h2-4,7,10H,1,5-6H2;2H,1H2,(H,4,5)/q+1;/p-1. The first kappa shape index (κ1) is 13.1. The Bertz CT molecular complexity index is 331. The first-order valence-corrected chi connectivity index (χ1v) is 4.27. The summed E-state index contributed by atoms with van der Waals surface area (Å²) in [5.41, 5.74) is 0. The van der Waals surface area contributed by atoms with Gasteiger partial charge in [0.1, 0.15) is 18.9 Å². The summed E-state index contributed by atoms with van der Waals surface area (Å²) in [5.74, 6) is -1.23. The highest BCUT2D eigenvalue weighted by molar-refractivity contribution is 5.76. The van der Waals surface area contributed by atoms with Crippen molar-refractivity contribution in [3.05, 3.63) is 38.0 Å². The molecule has 0 bridgehead atoms. The number of hydrogen-bond acceptors (Lipinski definition) is 3. The second-order valence-electron chi connectivity index (χ2n) is 2.53. The van der Waals surface area contributed by atoms with Crippen LogP contribution in [0.3, 0.4) is 0 Å². The third-order valence-electron chi connectivity index (χ3n) is 1.45. The number of carboxylic acid groups (broad SMARTS) is 1. The number of imidazole rings is 1. The van der Waals surface area contributed by atoms with E-state index in [2.05, 4.69) is 13.2 Å². The summed E-state index contributed by atoms with van der Waals surface area (Å²) < 4.78 is 3.72. The molecule has 0 aliphatic carbocycles. The van der Waals surface area contributed by atoms with Gasteiger partial charge in [-0.2, -0.15) is 0 Å². The van der Waals surface area contributed by atoms with Gasteiger partial charge in [-0.1, -0.05) is 13.2 Å². The predicted octanol–water partition coefficient (Wildman–Crippen LogP) is -1.21. The Morgan fingerprint density at radius 1 is 1.60 bits per heavy atom. The average Bonchev–Trinajstić information content (AvgIpc) is 2.67. The van der Waals surface area contributed by atoms with Gasteiger partial charge < -0.3 is 15.0 Å². The van der Waals surface area contributed by atoms with Crippen LogP contribution in [0.2, 0.25) is 0 Å². The molecule has 5 nitrogen and oxygen atoms in total. The van der Waals surface area contributed by atoms with Crippen LogP contribution in [0.5, 0.6) is 0 Å². The van der Waals surface area contributed by atoms with E-state index in [4.69, 9.17) is 15.0 Å². The molecule has 1 aromatic rings. The fourth-order valence-electron chi connectivity index (χ4n) is 0.767. The van der Waals surface area contributed by atoms with Gasteiger partial charge >= 0.3 is 0 Å². The zero-order chi connectivity index (χ0) is 11.7. The van der Waals surface area contributed by atoms with Crippen LogP contribution in [0.15, 0.2) is 38.0 Å². The second-order valence-corrected chi connectivity index (χ2v) is 2.53. The van der Waals surface area contributed by atoms with Gasteiger partial charge in [0, 0.05) is 0 Å². The maximum absolute atomic E-state index is 9.14. The number of nitrogens with zero attached hydrogens (tertiary/aromatic N) is 2. The van der Waals surface area contributed by atoms with Gasteiger partial charge in [0.15, 0.2) is 0 Å². The minimum atomic E-state index is -1.23. The lowest BCUT2D eigenvalue weighted by molar-refractivity contribution is -0.567. The van der Waals surface area contributed by atoms with Crippen molar-refractivity contribution in [2.24, 2.45) is 0 Å².